The van der Waals surface area contributed by atoms with Crippen molar-refractivity contribution in [1.29, 1.82) is 0 Å². The molecule has 1 aliphatic carbocycles. The maximum Gasteiger partial charge on any atom is 0.100 e. The summed E-state index contributed by atoms with van der Waals surface area (Å²) in [5.41, 5.74) is 0.440. The van der Waals surface area contributed by atoms with E-state index in [0.717, 1.165) is 12.3 Å². The third-order valence-corrected chi connectivity index (χ3v) is 5.25. The first kappa shape index (κ1) is 9.79. The van der Waals surface area contributed by atoms with Crippen molar-refractivity contribution in [2.75, 3.05) is 20.1 Å². The Balaban J connectivity index is 1.87. The van der Waals surface area contributed by atoms with Gasteiger partial charge in [-0.25, -0.2) is 4.98 Å². The van der Waals surface area contributed by atoms with Crippen LogP contribution in [0.4, 0.5) is 0 Å². The molecule has 4 rings (SSSR count). The van der Waals surface area contributed by atoms with Crippen molar-refractivity contribution < 1.29 is 0 Å². The zero-order chi connectivity index (χ0) is 10.5. The largest absolute Gasteiger partial charge is 0.305 e. The summed E-state index contributed by atoms with van der Waals surface area (Å²) in [7, 11) is 2.24. The molecule has 2 aliphatic heterocycles. The van der Waals surface area contributed by atoms with Gasteiger partial charge in [-0.15, -0.1) is 11.3 Å². The molecule has 0 amide bonds. The Hall–Kier alpha value is -0.410. The van der Waals surface area contributed by atoms with Crippen LogP contribution in [0.5, 0.6) is 0 Å². The van der Waals surface area contributed by atoms with Gasteiger partial charge in [-0.1, -0.05) is 6.92 Å². The Morgan fingerprint density at radius 2 is 2.40 bits per heavy atom. The second-order valence-electron chi connectivity index (χ2n) is 5.24. The zero-order valence-corrected chi connectivity index (χ0v) is 10.3. The summed E-state index contributed by atoms with van der Waals surface area (Å²) < 4.78 is 0. The van der Waals surface area contributed by atoms with Gasteiger partial charge >= 0.3 is 0 Å². The number of hydrogen-bond acceptors (Lipinski definition) is 3. The normalized spacial score (nSPS) is 35.2. The van der Waals surface area contributed by atoms with Crippen molar-refractivity contribution in [2.45, 2.75) is 31.6 Å². The predicted molar refractivity (Wildman–Crippen MR) is 63.4 cm³/mol. The van der Waals surface area contributed by atoms with Crippen LogP contribution in [0, 0.1) is 5.92 Å². The predicted octanol–water partition coefficient (Wildman–Crippen LogP) is 2.30. The standard InChI is InChI=1S/C12H18N2S/c1-3-10-6-13-11(15-10)12-4-9(5-12)7-14(2)8-12/h6,9H,3-5,7-8H2,1-2H3. The molecule has 0 spiro atoms. The maximum absolute atomic E-state index is 4.65. The van der Waals surface area contributed by atoms with E-state index >= 15 is 0 Å². The molecule has 0 aromatic carbocycles. The first-order valence-electron chi connectivity index (χ1n) is 5.85. The molecule has 2 nitrogen and oxygen atoms in total. The first-order chi connectivity index (χ1) is 7.22. The lowest BCUT2D eigenvalue weighted by Gasteiger charge is -2.54. The molecule has 3 aliphatic rings. The Labute approximate surface area is 95.3 Å². The Kier molecular flexibility index (Phi) is 2.15. The number of likely N-dealkylation sites (N-methyl/N-ethyl adjacent to an activating group) is 1. The molecule has 0 unspecified atom stereocenters. The van der Waals surface area contributed by atoms with Crippen LogP contribution in [0.15, 0.2) is 6.20 Å². The van der Waals surface area contributed by atoms with Crippen LogP contribution in [0.25, 0.3) is 0 Å². The van der Waals surface area contributed by atoms with E-state index in [4.69, 9.17) is 0 Å². The summed E-state index contributed by atoms with van der Waals surface area (Å²) in [6.07, 6.45) is 5.98. The molecule has 1 saturated carbocycles. The smallest absolute Gasteiger partial charge is 0.100 e. The average molecular weight is 222 g/mol. The highest BCUT2D eigenvalue weighted by Crippen LogP contribution is 2.52. The fourth-order valence-electron chi connectivity index (χ4n) is 3.28. The Bertz CT molecular complexity index is 365. The number of nitrogens with zero attached hydrogens (tertiary/aromatic N) is 2. The summed E-state index contributed by atoms with van der Waals surface area (Å²) in [6.45, 7) is 4.74. The minimum absolute atomic E-state index is 0.440. The van der Waals surface area contributed by atoms with Gasteiger partial charge in [-0.2, -0.15) is 0 Å². The average Bonchev–Trinajstić information content (AvgIpc) is 2.63. The molecule has 3 fully saturated rings. The molecule has 0 radical (unpaired) electrons. The van der Waals surface area contributed by atoms with Gasteiger partial charge < -0.3 is 4.90 Å². The summed E-state index contributed by atoms with van der Waals surface area (Å²) in [5, 5.41) is 1.40. The highest BCUT2D eigenvalue weighted by molar-refractivity contribution is 7.11. The molecule has 1 aromatic rings. The van der Waals surface area contributed by atoms with Crippen molar-refractivity contribution in [3.63, 3.8) is 0 Å². The minimum Gasteiger partial charge on any atom is -0.305 e. The Morgan fingerprint density at radius 1 is 1.60 bits per heavy atom. The maximum atomic E-state index is 4.65. The fourth-order valence-corrected chi connectivity index (χ4v) is 4.34. The highest BCUT2D eigenvalue weighted by atomic mass is 32.1. The van der Waals surface area contributed by atoms with Crippen LogP contribution in [0.3, 0.4) is 0 Å². The van der Waals surface area contributed by atoms with E-state index in [0.29, 0.717) is 5.41 Å². The van der Waals surface area contributed by atoms with E-state index in [1.807, 2.05) is 11.3 Å². The summed E-state index contributed by atoms with van der Waals surface area (Å²) in [6, 6.07) is 0. The molecule has 82 valence electrons. The van der Waals surface area contributed by atoms with Crippen LogP contribution in [0.2, 0.25) is 0 Å². The lowest BCUT2D eigenvalue weighted by Crippen LogP contribution is -2.57. The van der Waals surface area contributed by atoms with E-state index in [1.54, 1.807) is 0 Å². The molecular weight excluding hydrogens is 204 g/mol. The molecule has 2 bridgehead atoms. The second kappa shape index (κ2) is 3.29. The number of fused-ring (bicyclic) bond motifs is 2. The molecule has 0 N–H and O–H groups in total. The molecule has 15 heavy (non-hydrogen) atoms. The van der Waals surface area contributed by atoms with Gasteiger partial charge in [0.2, 0.25) is 0 Å². The zero-order valence-electron chi connectivity index (χ0n) is 9.49. The van der Waals surface area contributed by atoms with E-state index in [-0.39, 0.29) is 0 Å². The Morgan fingerprint density at radius 3 is 3.00 bits per heavy atom. The number of aromatic nitrogens is 1. The molecular formula is C12H18N2S. The fraction of sp³-hybridized carbons (Fsp3) is 0.750. The van der Waals surface area contributed by atoms with Crippen LogP contribution >= 0.6 is 11.3 Å². The number of hydrogen-bond donors (Lipinski definition) is 0. The summed E-state index contributed by atoms with van der Waals surface area (Å²) in [5.74, 6) is 0.942. The second-order valence-corrected chi connectivity index (χ2v) is 6.35. The number of piperidine rings is 2. The molecule has 0 atom stereocenters. The van der Waals surface area contributed by atoms with Crippen molar-refractivity contribution in [2.24, 2.45) is 5.92 Å². The topological polar surface area (TPSA) is 16.1 Å². The van der Waals surface area contributed by atoms with E-state index < -0.39 is 0 Å². The van der Waals surface area contributed by atoms with Crippen LogP contribution in [-0.2, 0) is 11.8 Å². The van der Waals surface area contributed by atoms with Crippen LogP contribution in [-0.4, -0.2) is 30.0 Å². The summed E-state index contributed by atoms with van der Waals surface area (Å²) >= 11 is 1.94. The van der Waals surface area contributed by atoms with Gasteiger partial charge in [-0.05, 0) is 32.2 Å². The molecule has 3 heterocycles. The van der Waals surface area contributed by atoms with E-state index in [1.165, 1.54) is 35.8 Å². The van der Waals surface area contributed by atoms with Gasteiger partial charge in [0, 0.05) is 29.6 Å². The van der Waals surface area contributed by atoms with Crippen molar-refractivity contribution in [1.82, 2.24) is 9.88 Å². The van der Waals surface area contributed by atoms with E-state index in [9.17, 15) is 0 Å². The monoisotopic (exact) mass is 222 g/mol. The number of rotatable bonds is 2. The molecule has 1 aromatic heterocycles. The SMILES string of the molecule is CCc1cnc(C23CC(CN(C)C2)C3)s1. The minimum atomic E-state index is 0.440. The lowest BCUT2D eigenvalue weighted by atomic mass is 9.59. The van der Waals surface area contributed by atoms with Crippen molar-refractivity contribution in [3.8, 4) is 0 Å². The van der Waals surface area contributed by atoms with Gasteiger partial charge in [-0.3, -0.25) is 0 Å². The van der Waals surface area contributed by atoms with Gasteiger partial charge in [0.25, 0.3) is 0 Å². The van der Waals surface area contributed by atoms with Crippen LogP contribution < -0.4 is 0 Å². The van der Waals surface area contributed by atoms with Crippen molar-refractivity contribution in [3.05, 3.63) is 16.1 Å². The highest BCUT2D eigenvalue weighted by Gasteiger charge is 2.51. The molecule has 3 heteroatoms. The molecule has 2 saturated heterocycles. The third-order valence-electron chi connectivity index (χ3n) is 3.86. The lowest BCUT2D eigenvalue weighted by molar-refractivity contribution is 0.0103. The van der Waals surface area contributed by atoms with Crippen LogP contribution in [0.1, 0.15) is 29.7 Å². The quantitative estimate of drug-likeness (QED) is 0.763. The first-order valence-corrected chi connectivity index (χ1v) is 6.67. The van der Waals surface area contributed by atoms with Gasteiger partial charge in [0.05, 0.1) is 0 Å². The summed E-state index contributed by atoms with van der Waals surface area (Å²) in [4.78, 5) is 8.56. The van der Waals surface area contributed by atoms with Crippen molar-refractivity contribution >= 4 is 11.3 Å². The number of thiazole rings is 1. The number of aryl methyl sites for hydroxylation is 1. The van der Waals surface area contributed by atoms with E-state index in [2.05, 4.69) is 30.1 Å². The van der Waals surface area contributed by atoms with Gasteiger partial charge in [0.1, 0.15) is 5.01 Å². The third kappa shape index (κ3) is 1.44. The van der Waals surface area contributed by atoms with Gasteiger partial charge in [0.15, 0.2) is 0 Å².